The Bertz CT molecular complexity index is 1250. The molecule has 0 aliphatic carbocycles. The fraction of sp³-hybridized carbons (Fsp3) is 0.154. The van der Waals surface area contributed by atoms with Gasteiger partial charge in [0.25, 0.3) is 0 Å². The average Bonchev–Trinajstić information content (AvgIpc) is 3.31. The van der Waals surface area contributed by atoms with Gasteiger partial charge in [0.1, 0.15) is 0 Å². The molecule has 2 aromatic carbocycles. The molecule has 0 saturated carbocycles. The maximum atomic E-state index is 5.85. The lowest BCUT2D eigenvalue weighted by atomic mass is 9.96. The molecule has 3 heterocycles. The number of aromatic nitrogens is 2. The largest absolute Gasteiger partial charge is 0.351 e. The topological polar surface area (TPSA) is 33.1 Å². The van der Waals surface area contributed by atoms with Crippen LogP contribution in [0.15, 0.2) is 89.5 Å². The Morgan fingerprint density at radius 3 is 2.31 bits per heavy atom. The van der Waals surface area contributed by atoms with E-state index in [4.69, 9.17) is 12.2 Å². The molecular formula is C26H23BrN4S. The van der Waals surface area contributed by atoms with Crippen molar-refractivity contribution in [1.29, 1.82) is 0 Å². The highest BCUT2D eigenvalue weighted by atomic mass is 79.9. The molecule has 0 amide bonds. The van der Waals surface area contributed by atoms with Crippen LogP contribution in [0, 0.1) is 13.8 Å². The summed E-state index contributed by atoms with van der Waals surface area (Å²) in [4.78, 5) is 6.89. The van der Waals surface area contributed by atoms with Crippen molar-refractivity contribution < 1.29 is 0 Å². The molecule has 1 fully saturated rings. The minimum Gasteiger partial charge on any atom is -0.351 e. The van der Waals surface area contributed by atoms with Gasteiger partial charge in [0.15, 0.2) is 5.11 Å². The Morgan fingerprint density at radius 2 is 1.62 bits per heavy atom. The third-order valence-corrected chi connectivity index (χ3v) is 6.85. The van der Waals surface area contributed by atoms with Crippen LogP contribution in [-0.4, -0.2) is 14.7 Å². The van der Waals surface area contributed by atoms with Crippen molar-refractivity contribution >= 4 is 38.9 Å². The van der Waals surface area contributed by atoms with Crippen LogP contribution in [-0.2, 0) is 0 Å². The molecule has 0 unspecified atom stereocenters. The summed E-state index contributed by atoms with van der Waals surface area (Å²) in [5.41, 5.74) is 6.82. The molecule has 0 radical (unpaired) electrons. The highest BCUT2D eigenvalue weighted by Crippen LogP contribution is 2.43. The predicted octanol–water partition coefficient (Wildman–Crippen LogP) is 6.43. The molecule has 1 aliphatic heterocycles. The molecule has 1 saturated heterocycles. The molecular weight excluding hydrogens is 480 g/mol. The third-order valence-electron chi connectivity index (χ3n) is 6.01. The van der Waals surface area contributed by atoms with E-state index < -0.39 is 0 Å². The predicted molar refractivity (Wildman–Crippen MR) is 137 cm³/mol. The minimum absolute atomic E-state index is 0.0257. The Labute approximate surface area is 202 Å². The zero-order valence-electron chi connectivity index (χ0n) is 17.9. The standard InChI is InChI=1S/C26H23BrN4S/c1-17-16-22(18(2)30(17)20-8-4-3-5-9-20)25-24(23-10-6-7-15-28-23)29-26(32)31(25)21-13-11-19(27)12-14-21/h3-16,24-25H,1-2H3,(H,29,32)/t24-,25-/m0/s1. The number of pyridine rings is 1. The van der Waals surface area contributed by atoms with Crippen LogP contribution in [0.4, 0.5) is 5.69 Å². The molecule has 32 heavy (non-hydrogen) atoms. The number of benzene rings is 2. The van der Waals surface area contributed by atoms with Gasteiger partial charge in [-0.15, -0.1) is 0 Å². The smallest absolute Gasteiger partial charge is 0.174 e. The van der Waals surface area contributed by atoms with Crippen LogP contribution in [0.25, 0.3) is 5.69 Å². The van der Waals surface area contributed by atoms with Crippen molar-refractivity contribution in [1.82, 2.24) is 14.9 Å². The lowest BCUT2D eigenvalue weighted by Gasteiger charge is -2.28. The molecule has 6 heteroatoms. The number of nitrogens with one attached hydrogen (secondary N) is 1. The van der Waals surface area contributed by atoms with Gasteiger partial charge in [0, 0.05) is 33.4 Å². The first kappa shape index (κ1) is 20.9. The van der Waals surface area contributed by atoms with E-state index in [1.54, 1.807) is 0 Å². The van der Waals surface area contributed by atoms with Crippen LogP contribution in [0.2, 0.25) is 0 Å². The second kappa shape index (κ2) is 8.52. The summed E-state index contributed by atoms with van der Waals surface area (Å²) in [5.74, 6) is 0. The van der Waals surface area contributed by atoms with Crippen LogP contribution in [0.1, 0.15) is 34.7 Å². The molecule has 2 aromatic heterocycles. The van der Waals surface area contributed by atoms with Gasteiger partial charge in [-0.25, -0.2) is 0 Å². The highest BCUT2D eigenvalue weighted by Gasteiger charge is 2.42. The molecule has 4 aromatic rings. The fourth-order valence-corrected chi connectivity index (χ4v) is 5.22. The van der Waals surface area contributed by atoms with Gasteiger partial charge in [-0.1, -0.05) is 40.2 Å². The van der Waals surface area contributed by atoms with Crippen molar-refractivity contribution in [3.63, 3.8) is 0 Å². The van der Waals surface area contributed by atoms with Crippen molar-refractivity contribution in [3.8, 4) is 5.69 Å². The molecule has 5 rings (SSSR count). The number of hydrogen-bond donors (Lipinski definition) is 1. The Morgan fingerprint density at radius 1 is 0.906 bits per heavy atom. The van der Waals surface area contributed by atoms with Gasteiger partial charge in [-0.05, 0) is 86.2 Å². The van der Waals surface area contributed by atoms with E-state index in [0.717, 1.165) is 21.5 Å². The summed E-state index contributed by atoms with van der Waals surface area (Å²) in [6, 6.07) is 27.0. The van der Waals surface area contributed by atoms with E-state index in [9.17, 15) is 0 Å². The third kappa shape index (κ3) is 3.63. The van der Waals surface area contributed by atoms with Crippen molar-refractivity contribution in [3.05, 3.63) is 112 Å². The van der Waals surface area contributed by atoms with E-state index in [0.29, 0.717) is 5.11 Å². The molecule has 160 valence electrons. The lowest BCUT2D eigenvalue weighted by molar-refractivity contribution is 0.565. The number of anilines is 1. The van der Waals surface area contributed by atoms with Crippen molar-refractivity contribution in [2.24, 2.45) is 0 Å². The molecule has 0 bridgehead atoms. The summed E-state index contributed by atoms with van der Waals surface area (Å²) in [7, 11) is 0. The molecule has 2 atom stereocenters. The Balaban J connectivity index is 1.68. The van der Waals surface area contributed by atoms with E-state index in [-0.39, 0.29) is 12.1 Å². The summed E-state index contributed by atoms with van der Waals surface area (Å²) in [5, 5.41) is 4.26. The van der Waals surface area contributed by atoms with Crippen molar-refractivity contribution in [2.75, 3.05) is 4.90 Å². The van der Waals surface area contributed by atoms with E-state index in [1.807, 2.05) is 24.4 Å². The number of nitrogens with zero attached hydrogens (tertiary/aromatic N) is 3. The quantitative estimate of drug-likeness (QED) is 0.326. The summed E-state index contributed by atoms with van der Waals surface area (Å²) in [6.07, 6.45) is 1.84. The average molecular weight is 503 g/mol. The SMILES string of the molecule is Cc1cc([C@H]2[C@H](c3ccccn3)NC(=S)N2c2ccc(Br)cc2)c(C)n1-c1ccccc1. The zero-order chi connectivity index (χ0) is 22.2. The van der Waals surface area contributed by atoms with Gasteiger partial charge in [0.05, 0.1) is 17.8 Å². The van der Waals surface area contributed by atoms with Gasteiger partial charge in [-0.2, -0.15) is 0 Å². The van der Waals surface area contributed by atoms with Crippen molar-refractivity contribution in [2.45, 2.75) is 25.9 Å². The minimum atomic E-state index is -0.0583. The summed E-state index contributed by atoms with van der Waals surface area (Å²) in [6.45, 7) is 4.34. The number of halogens is 1. The van der Waals surface area contributed by atoms with Crippen LogP contribution in [0.5, 0.6) is 0 Å². The number of aryl methyl sites for hydroxylation is 1. The van der Waals surface area contributed by atoms with E-state index in [2.05, 4.69) is 110 Å². The Kier molecular flexibility index (Phi) is 5.57. The van der Waals surface area contributed by atoms with Crippen LogP contribution < -0.4 is 10.2 Å². The Hall–Kier alpha value is -2.96. The molecule has 1 aliphatic rings. The molecule has 0 spiro atoms. The lowest BCUT2D eigenvalue weighted by Crippen LogP contribution is -2.29. The molecule has 1 N–H and O–H groups in total. The maximum Gasteiger partial charge on any atom is 0.174 e. The fourth-order valence-electron chi connectivity index (χ4n) is 4.61. The van der Waals surface area contributed by atoms with Gasteiger partial charge in [-0.3, -0.25) is 4.98 Å². The van der Waals surface area contributed by atoms with Crippen LogP contribution >= 0.6 is 28.1 Å². The van der Waals surface area contributed by atoms with E-state index in [1.165, 1.54) is 17.0 Å². The molecule has 4 nitrogen and oxygen atoms in total. The second-order valence-electron chi connectivity index (χ2n) is 7.97. The van der Waals surface area contributed by atoms with Gasteiger partial charge >= 0.3 is 0 Å². The van der Waals surface area contributed by atoms with E-state index >= 15 is 0 Å². The number of thiocarbonyl (C=S) groups is 1. The number of para-hydroxylation sites is 1. The normalized spacial score (nSPS) is 18.1. The summed E-state index contributed by atoms with van der Waals surface area (Å²) < 4.78 is 3.35. The first-order chi connectivity index (χ1) is 15.5. The first-order valence-corrected chi connectivity index (χ1v) is 11.7. The highest BCUT2D eigenvalue weighted by molar-refractivity contribution is 9.10. The van der Waals surface area contributed by atoms with Gasteiger partial charge in [0.2, 0.25) is 0 Å². The monoisotopic (exact) mass is 502 g/mol. The van der Waals surface area contributed by atoms with Crippen LogP contribution in [0.3, 0.4) is 0 Å². The maximum absolute atomic E-state index is 5.85. The first-order valence-electron chi connectivity index (χ1n) is 10.5. The number of rotatable bonds is 4. The zero-order valence-corrected chi connectivity index (χ0v) is 20.3. The second-order valence-corrected chi connectivity index (χ2v) is 9.27. The van der Waals surface area contributed by atoms with Gasteiger partial charge < -0.3 is 14.8 Å². The number of hydrogen-bond acceptors (Lipinski definition) is 2. The summed E-state index contributed by atoms with van der Waals surface area (Å²) >= 11 is 9.40.